The van der Waals surface area contributed by atoms with Gasteiger partial charge in [0.25, 0.3) is 0 Å². The Morgan fingerprint density at radius 1 is 1.19 bits per heavy atom. The van der Waals surface area contributed by atoms with Crippen molar-refractivity contribution in [3.8, 4) is 11.4 Å². The van der Waals surface area contributed by atoms with Gasteiger partial charge in [-0.2, -0.15) is 0 Å². The Balaban J connectivity index is 1.44. The smallest absolute Gasteiger partial charge is 0.237 e. The second kappa shape index (κ2) is 7.63. The summed E-state index contributed by atoms with van der Waals surface area (Å²) in [6.45, 7) is 0.770. The third-order valence-electron chi connectivity index (χ3n) is 4.33. The number of amides is 1. The maximum absolute atomic E-state index is 12.7. The number of anilines is 1. The lowest BCUT2D eigenvalue weighted by molar-refractivity contribution is -0.116. The highest BCUT2D eigenvalue weighted by Crippen LogP contribution is 2.29. The zero-order valence-electron chi connectivity index (χ0n) is 14.0. The molecule has 1 aliphatic rings. The number of carbonyl (C=O) groups excluding carboxylic acids is 1. The molecule has 0 radical (unpaired) electrons. The zero-order chi connectivity index (χ0) is 17.9. The normalized spacial score (nSPS) is 13.5. The van der Waals surface area contributed by atoms with E-state index < -0.39 is 0 Å². The third-order valence-corrected chi connectivity index (χ3v) is 5.85. The molecule has 0 unspecified atom stereocenters. The Kier molecular flexibility index (Phi) is 5.08. The van der Waals surface area contributed by atoms with E-state index in [0.29, 0.717) is 16.7 Å². The summed E-state index contributed by atoms with van der Waals surface area (Å²) >= 11 is 4.87. The van der Waals surface area contributed by atoms with Crippen LogP contribution in [0.15, 0.2) is 58.2 Å². The number of thioether (sulfide) groups is 1. The molecule has 4 rings (SSSR count). The van der Waals surface area contributed by atoms with Crippen molar-refractivity contribution in [2.75, 3.05) is 17.2 Å². The lowest BCUT2D eigenvalue weighted by Crippen LogP contribution is -2.36. The summed E-state index contributed by atoms with van der Waals surface area (Å²) in [6, 6.07) is 16.0. The fourth-order valence-electron chi connectivity index (χ4n) is 3.08. The molecule has 3 aromatic rings. The summed E-state index contributed by atoms with van der Waals surface area (Å²) in [6.07, 6.45) is 2.03. The lowest BCUT2D eigenvalue weighted by Gasteiger charge is -2.29. The van der Waals surface area contributed by atoms with Gasteiger partial charge in [-0.05, 0) is 30.5 Å². The molecule has 1 aromatic heterocycles. The van der Waals surface area contributed by atoms with Crippen molar-refractivity contribution in [3.63, 3.8) is 0 Å². The number of carbonyl (C=O) groups is 1. The van der Waals surface area contributed by atoms with Crippen molar-refractivity contribution >= 4 is 39.3 Å². The Morgan fingerprint density at radius 2 is 2.00 bits per heavy atom. The summed E-state index contributed by atoms with van der Waals surface area (Å²) in [7, 11) is 0. The first kappa shape index (κ1) is 17.3. The fourth-order valence-corrected chi connectivity index (χ4v) is 4.23. The van der Waals surface area contributed by atoms with Gasteiger partial charge >= 0.3 is 0 Å². The minimum atomic E-state index is 0.0920. The summed E-state index contributed by atoms with van der Waals surface area (Å²) in [5.41, 5.74) is 3.22. The number of rotatable bonds is 4. The van der Waals surface area contributed by atoms with E-state index in [-0.39, 0.29) is 5.91 Å². The van der Waals surface area contributed by atoms with Crippen LogP contribution in [0.3, 0.4) is 0 Å². The minimum Gasteiger partial charge on any atom is -0.311 e. The summed E-state index contributed by atoms with van der Waals surface area (Å²) < 4.78 is 0.953. The van der Waals surface area contributed by atoms with Crippen LogP contribution < -0.4 is 4.90 Å². The number of halogens is 1. The maximum atomic E-state index is 12.7. The molecule has 0 fully saturated rings. The topological polar surface area (TPSA) is 61.9 Å². The van der Waals surface area contributed by atoms with Crippen LogP contribution in [0, 0.1) is 0 Å². The number of H-pyrrole nitrogens is 1. The van der Waals surface area contributed by atoms with E-state index in [4.69, 9.17) is 0 Å². The van der Waals surface area contributed by atoms with Gasteiger partial charge in [-0.25, -0.2) is 4.98 Å². The number of nitrogens with zero attached hydrogens (tertiary/aromatic N) is 3. The van der Waals surface area contributed by atoms with Crippen molar-refractivity contribution in [1.29, 1.82) is 0 Å². The average Bonchev–Trinajstić information content (AvgIpc) is 3.15. The summed E-state index contributed by atoms with van der Waals surface area (Å²) in [5.74, 6) is 1.10. The monoisotopic (exact) mass is 428 g/mol. The number of fused-ring (bicyclic) bond motifs is 1. The van der Waals surface area contributed by atoms with E-state index in [1.54, 1.807) is 0 Å². The Bertz CT molecular complexity index is 943. The van der Waals surface area contributed by atoms with Crippen LogP contribution >= 0.6 is 27.7 Å². The highest BCUT2D eigenvalue weighted by Gasteiger charge is 2.22. The van der Waals surface area contributed by atoms with Gasteiger partial charge in [0.15, 0.2) is 5.82 Å². The predicted octanol–water partition coefficient (Wildman–Crippen LogP) is 4.31. The number of hydrogen-bond acceptors (Lipinski definition) is 4. The third kappa shape index (κ3) is 3.54. The Morgan fingerprint density at radius 3 is 2.88 bits per heavy atom. The lowest BCUT2D eigenvalue weighted by atomic mass is 10.0. The molecule has 0 bridgehead atoms. The molecule has 0 atom stereocenters. The molecule has 0 aliphatic carbocycles. The van der Waals surface area contributed by atoms with Crippen LogP contribution in [0.4, 0.5) is 5.69 Å². The van der Waals surface area contributed by atoms with E-state index in [1.165, 1.54) is 17.3 Å². The van der Waals surface area contributed by atoms with E-state index >= 15 is 0 Å². The SMILES string of the molecule is O=C(CSc1n[nH]c(-c2ccccc2Br)n1)N1CCCc2ccccc21. The largest absolute Gasteiger partial charge is 0.311 e. The number of aromatic amines is 1. The standard InChI is InChI=1S/C19H17BrN4OS/c20-15-9-3-2-8-14(15)18-21-19(23-22-18)26-12-17(25)24-11-5-7-13-6-1-4-10-16(13)24/h1-4,6,8-10H,5,7,11-12H2,(H,21,22,23). The molecule has 2 heterocycles. The zero-order valence-corrected chi connectivity index (χ0v) is 16.4. The summed E-state index contributed by atoms with van der Waals surface area (Å²) in [5, 5.41) is 7.75. The molecule has 1 N–H and O–H groups in total. The van der Waals surface area contributed by atoms with E-state index in [2.05, 4.69) is 37.2 Å². The van der Waals surface area contributed by atoms with Crippen molar-refractivity contribution in [2.45, 2.75) is 18.0 Å². The molecule has 0 spiro atoms. The molecule has 1 amide bonds. The Hall–Kier alpha value is -2.12. The molecular formula is C19H17BrN4OS. The van der Waals surface area contributed by atoms with Gasteiger partial charge in [0, 0.05) is 22.3 Å². The molecule has 132 valence electrons. The van der Waals surface area contributed by atoms with Crippen LogP contribution in [0.2, 0.25) is 0 Å². The molecule has 1 aliphatic heterocycles. The van der Waals surface area contributed by atoms with Crippen LogP contribution in [-0.2, 0) is 11.2 Å². The molecule has 0 saturated heterocycles. The number of benzene rings is 2. The Labute approximate surface area is 164 Å². The van der Waals surface area contributed by atoms with Gasteiger partial charge in [-0.1, -0.05) is 64.1 Å². The number of aryl methyl sites for hydroxylation is 1. The van der Waals surface area contributed by atoms with Gasteiger partial charge in [-0.15, -0.1) is 5.10 Å². The van der Waals surface area contributed by atoms with E-state index in [9.17, 15) is 4.79 Å². The number of aromatic nitrogens is 3. The number of nitrogens with one attached hydrogen (secondary N) is 1. The maximum Gasteiger partial charge on any atom is 0.237 e. The second-order valence-electron chi connectivity index (χ2n) is 6.01. The van der Waals surface area contributed by atoms with Crippen molar-refractivity contribution in [1.82, 2.24) is 15.2 Å². The first-order valence-electron chi connectivity index (χ1n) is 8.41. The number of para-hydroxylation sites is 1. The highest BCUT2D eigenvalue weighted by atomic mass is 79.9. The van der Waals surface area contributed by atoms with E-state index in [0.717, 1.165) is 35.1 Å². The van der Waals surface area contributed by atoms with Crippen molar-refractivity contribution in [3.05, 3.63) is 58.6 Å². The highest BCUT2D eigenvalue weighted by molar-refractivity contribution is 9.10. The molecule has 0 saturated carbocycles. The first-order valence-corrected chi connectivity index (χ1v) is 10.2. The van der Waals surface area contributed by atoms with Gasteiger partial charge in [0.2, 0.25) is 11.1 Å². The number of hydrogen-bond donors (Lipinski definition) is 1. The van der Waals surface area contributed by atoms with Gasteiger partial charge in [0.05, 0.1) is 5.75 Å². The van der Waals surface area contributed by atoms with Crippen LogP contribution in [0.1, 0.15) is 12.0 Å². The van der Waals surface area contributed by atoms with Gasteiger partial charge in [-0.3, -0.25) is 9.89 Å². The molecule has 5 nitrogen and oxygen atoms in total. The molecular weight excluding hydrogens is 412 g/mol. The predicted molar refractivity (Wildman–Crippen MR) is 107 cm³/mol. The minimum absolute atomic E-state index is 0.0920. The average molecular weight is 429 g/mol. The van der Waals surface area contributed by atoms with Crippen LogP contribution in [0.25, 0.3) is 11.4 Å². The van der Waals surface area contributed by atoms with Crippen molar-refractivity contribution < 1.29 is 4.79 Å². The molecule has 7 heteroatoms. The van der Waals surface area contributed by atoms with E-state index in [1.807, 2.05) is 47.4 Å². The molecule has 26 heavy (non-hydrogen) atoms. The quantitative estimate of drug-likeness (QED) is 0.628. The van der Waals surface area contributed by atoms with Gasteiger partial charge in [0.1, 0.15) is 0 Å². The van der Waals surface area contributed by atoms with Gasteiger partial charge < -0.3 is 4.90 Å². The van der Waals surface area contributed by atoms with Crippen LogP contribution in [-0.4, -0.2) is 33.4 Å². The summed E-state index contributed by atoms with van der Waals surface area (Å²) in [4.78, 5) is 19.1. The second-order valence-corrected chi connectivity index (χ2v) is 7.81. The first-order chi connectivity index (χ1) is 12.7. The molecule has 2 aromatic carbocycles. The van der Waals surface area contributed by atoms with Crippen LogP contribution in [0.5, 0.6) is 0 Å². The fraction of sp³-hybridized carbons (Fsp3) is 0.211. The van der Waals surface area contributed by atoms with Crippen molar-refractivity contribution in [2.24, 2.45) is 0 Å².